The second-order valence-corrected chi connectivity index (χ2v) is 9.70. The molecule has 4 aromatic rings. The van der Waals surface area contributed by atoms with Gasteiger partial charge in [0.15, 0.2) is 5.11 Å². The Morgan fingerprint density at radius 1 is 1.05 bits per heavy atom. The highest BCUT2D eigenvalue weighted by molar-refractivity contribution is 7.80. The largest absolute Gasteiger partial charge is 0.378 e. The van der Waals surface area contributed by atoms with E-state index >= 15 is 0 Å². The third-order valence-corrected chi connectivity index (χ3v) is 7.01. The highest BCUT2D eigenvalue weighted by Crippen LogP contribution is 2.39. The van der Waals surface area contributed by atoms with Crippen LogP contribution >= 0.6 is 12.2 Å². The van der Waals surface area contributed by atoms with Gasteiger partial charge in [0.2, 0.25) is 5.91 Å². The van der Waals surface area contributed by atoms with E-state index in [0.29, 0.717) is 11.7 Å². The summed E-state index contributed by atoms with van der Waals surface area (Å²) in [5, 5.41) is 6.64. The molecule has 38 heavy (non-hydrogen) atoms. The molecule has 5 rings (SSSR count). The Bertz CT molecular complexity index is 1420. The Morgan fingerprint density at radius 3 is 2.53 bits per heavy atom. The summed E-state index contributed by atoms with van der Waals surface area (Å²) in [6.07, 6.45) is 3.93. The number of anilines is 2. The Morgan fingerprint density at radius 2 is 1.82 bits per heavy atom. The predicted octanol–water partition coefficient (Wildman–Crippen LogP) is 5.08. The van der Waals surface area contributed by atoms with Crippen molar-refractivity contribution >= 4 is 34.6 Å². The molecule has 1 aliphatic heterocycles. The molecule has 0 bridgehead atoms. The van der Waals surface area contributed by atoms with Crippen molar-refractivity contribution in [2.75, 3.05) is 30.9 Å². The highest BCUT2D eigenvalue weighted by Gasteiger charge is 2.41. The summed E-state index contributed by atoms with van der Waals surface area (Å²) in [6, 6.07) is 23.9. The van der Waals surface area contributed by atoms with Gasteiger partial charge in [-0.15, -0.1) is 0 Å². The zero-order valence-electron chi connectivity index (χ0n) is 21.2. The van der Waals surface area contributed by atoms with Gasteiger partial charge in [0.05, 0.1) is 23.5 Å². The summed E-state index contributed by atoms with van der Waals surface area (Å²) in [5.41, 5.74) is 4.16. The number of benzene rings is 2. The molecule has 1 fully saturated rings. The monoisotopic (exact) mass is 528 g/mol. The Hall–Kier alpha value is -4.24. The molecular formula is C29H29FN6OS. The SMILES string of the molecule is CN(C)c1ccc(-n2cccc2[C@@H]2[C@@H](c3ccccn3)NC(=S)N2CCC(=O)Nc2ccccc2F)cc1. The quantitative estimate of drug-likeness (QED) is 0.311. The van der Waals surface area contributed by atoms with E-state index in [-0.39, 0.29) is 30.1 Å². The number of nitrogens with one attached hydrogen (secondary N) is 2. The van der Waals surface area contributed by atoms with Gasteiger partial charge >= 0.3 is 0 Å². The van der Waals surface area contributed by atoms with E-state index in [9.17, 15) is 9.18 Å². The van der Waals surface area contributed by atoms with Gasteiger partial charge in [-0.05, 0) is 72.9 Å². The molecule has 0 aliphatic carbocycles. The maximum atomic E-state index is 14.0. The fourth-order valence-corrected chi connectivity index (χ4v) is 5.08. The normalized spacial score (nSPS) is 16.8. The maximum Gasteiger partial charge on any atom is 0.226 e. The first-order valence-electron chi connectivity index (χ1n) is 12.4. The van der Waals surface area contributed by atoms with E-state index < -0.39 is 5.82 Å². The Balaban J connectivity index is 1.44. The van der Waals surface area contributed by atoms with Gasteiger partial charge in [0, 0.05) is 56.5 Å². The van der Waals surface area contributed by atoms with Gasteiger partial charge in [-0.1, -0.05) is 18.2 Å². The van der Waals surface area contributed by atoms with Crippen molar-refractivity contribution in [3.05, 3.63) is 108 Å². The Labute approximate surface area is 226 Å². The molecule has 1 amide bonds. The molecule has 0 spiro atoms. The molecule has 2 aromatic heterocycles. The van der Waals surface area contributed by atoms with Crippen molar-refractivity contribution < 1.29 is 9.18 Å². The van der Waals surface area contributed by atoms with Crippen molar-refractivity contribution in [1.29, 1.82) is 0 Å². The number of hydrogen-bond donors (Lipinski definition) is 2. The topological polar surface area (TPSA) is 65.4 Å². The molecule has 2 N–H and O–H groups in total. The zero-order chi connectivity index (χ0) is 26.6. The standard InChI is InChI=1S/C29H29FN6OS/c1-34(2)20-12-14-21(15-13-20)35-18-7-11-25(35)28-27(24-10-5-6-17-31-24)33-29(38)36(28)19-16-26(37)32-23-9-4-3-8-22(23)30/h3-15,17-18,27-28H,16,19H2,1-2H3,(H,32,37)(H,33,38)/t27-,28-/m1/s1. The van der Waals surface area contributed by atoms with Crippen LogP contribution in [-0.2, 0) is 4.79 Å². The zero-order valence-corrected chi connectivity index (χ0v) is 22.0. The van der Waals surface area contributed by atoms with E-state index in [1.54, 1.807) is 24.4 Å². The number of thiocarbonyl (C=S) groups is 1. The lowest BCUT2D eigenvalue weighted by Gasteiger charge is -2.29. The molecule has 0 saturated carbocycles. The van der Waals surface area contributed by atoms with Crippen molar-refractivity contribution in [3.63, 3.8) is 0 Å². The summed E-state index contributed by atoms with van der Waals surface area (Å²) < 4.78 is 16.2. The number of carbonyl (C=O) groups excluding carboxylic acids is 1. The minimum absolute atomic E-state index is 0.139. The number of halogens is 1. The van der Waals surface area contributed by atoms with Crippen LogP contribution in [0.1, 0.15) is 29.9 Å². The summed E-state index contributed by atoms with van der Waals surface area (Å²) in [6.45, 7) is 0.352. The number of para-hydroxylation sites is 1. The maximum absolute atomic E-state index is 14.0. The van der Waals surface area contributed by atoms with Crippen molar-refractivity contribution in [2.45, 2.75) is 18.5 Å². The fourth-order valence-electron chi connectivity index (χ4n) is 4.75. The first-order valence-corrected chi connectivity index (χ1v) is 12.8. The third kappa shape index (κ3) is 5.24. The summed E-state index contributed by atoms with van der Waals surface area (Å²) in [5.74, 6) is -0.752. The van der Waals surface area contributed by atoms with E-state index in [2.05, 4.69) is 55.4 Å². The van der Waals surface area contributed by atoms with Crippen LogP contribution in [0.3, 0.4) is 0 Å². The van der Waals surface area contributed by atoms with E-state index in [1.165, 1.54) is 6.07 Å². The molecule has 0 radical (unpaired) electrons. The summed E-state index contributed by atoms with van der Waals surface area (Å²) >= 11 is 5.76. The molecule has 7 nitrogen and oxygen atoms in total. The van der Waals surface area contributed by atoms with E-state index in [1.807, 2.05) is 49.5 Å². The summed E-state index contributed by atoms with van der Waals surface area (Å²) in [4.78, 5) is 21.4. The van der Waals surface area contributed by atoms with Crippen LogP contribution in [0.25, 0.3) is 5.69 Å². The number of rotatable bonds is 8. The fraction of sp³-hybridized carbons (Fsp3) is 0.207. The first-order chi connectivity index (χ1) is 18.4. The van der Waals surface area contributed by atoms with Crippen LogP contribution in [0.4, 0.5) is 15.8 Å². The molecule has 1 aliphatic rings. The average molecular weight is 529 g/mol. The molecule has 1 saturated heterocycles. The van der Waals surface area contributed by atoms with Crippen molar-refractivity contribution in [2.24, 2.45) is 0 Å². The third-order valence-electron chi connectivity index (χ3n) is 6.65. The van der Waals surface area contributed by atoms with Gasteiger partial charge in [-0.25, -0.2) is 4.39 Å². The molecular weight excluding hydrogens is 499 g/mol. The van der Waals surface area contributed by atoms with Crippen molar-refractivity contribution in [1.82, 2.24) is 19.8 Å². The van der Waals surface area contributed by atoms with Crippen LogP contribution in [0.15, 0.2) is 91.3 Å². The highest BCUT2D eigenvalue weighted by atomic mass is 32.1. The second kappa shape index (κ2) is 11.0. The van der Waals surface area contributed by atoms with Gasteiger partial charge in [0.25, 0.3) is 0 Å². The van der Waals surface area contributed by atoms with Crippen LogP contribution in [0.5, 0.6) is 0 Å². The molecule has 3 heterocycles. The number of carbonyl (C=O) groups is 1. The minimum Gasteiger partial charge on any atom is -0.378 e. The minimum atomic E-state index is -0.467. The van der Waals surface area contributed by atoms with Crippen LogP contribution < -0.4 is 15.5 Å². The average Bonchev–Trinajstić information content (AvgIpc) is 3.53. The molecule has 0 unspecified atom stereocenters. The lowest BCUT2D eigenvalue weighted by atomic mass is 10.0. The van der Waals surface area contributed by atoms with Crippen molar-refractivity contribution in [3.8, 4) is 5.69 Å². The van der Waals surface area contributed by atoms with Crippen LogP contribution in [0.2, 0.25) is 0 Å². The summed E-state index contributed by atoms with van der Waals surface area (Å²) in [7, 11) is 4.03. The van der Waals surface area contributed by atoms with Gasteiger partial charge in [-0.2, -0.15) is 0 Å². The number of pyridine rings is 1. The molecule has 2 aromatic carbocycles. The van der Waals surface area contributed by atoms with Gasteiger partial charge in [0.1, 0.15) is 5.82 Å². The second-order valence-electron chi connectivity index (χ2n) is 9.31. The number of hydrogen-bond acceptors (Lipinski definition) is 4. The number of amides is 1. The lowest BCUT2D eigenvalue weighted by molar-refractivity contribution is -0.116. The van der Waals surface area contributed by atoms with Crippen LogP contribution in [0, 0.1) is 5.82 Å². The van der Waals surface area contributed by atoms with E-state index in [0.717, 1.165) is 22.8 Å². The number of aromatic nitrogens is 2. The molecule has 9 heteroatoms. The smallest absolute Gasteiger partial charge is 0.226 e. The molecule has 194 valence electrons. The van der Waals surface area contributed by atoms with Crippen LogP contribution in [-0.4, -0.2) is 46.1 Å². The Kier molecular flexibility index (Phi) is 7.37. The predicted molar refractivity (Wildman–Crippen MR) is 152 cm³/mol. The van der Waals surface area contributed by atoms with E-state index in [4.69, 9.17) is 12.2 Å². The van der Waals surface area contributed by atoms with Gasteiger partial charge < -0.3 is 25.0 Å². The van der Waals surface area contributed by atoms with Gasteiger partial charge in [-0.3, -0.25) is 9.78 Å². The molecule has 2 atom stereocenters. The number of nitrogens with zero attached hydrogens (tertiary/aromatic N) is 4. The first kappa shape index (κ1) is 25.4. The lowest BCUT2D eigenvalue weighted by Crippen LogP contribution is -2.33.